The van der Waals surface area contributed by atoms with E-state index in [-0.39, 0.29) is 18.1 Å². The van der Waals surface area contributed by atoms with Gasteiger partial charge in [-0.05, 0) is 42.7 Å². The van der Waals surface area contributed by atoms with Crippen molar-refractivity contribution < 1.29 is 14.3 Å². The fraction of sp³-hybridized carbons (Fsp3) is 0.250. The highest BCUT2D eigenvalue weighted by molar-refractivity contribution is 6.02. The first-order valence-electron chi connectivity index (χ1n) is 11.5. The Morgan fingerprint density at radius 1 is 1.06 bits per heavy atom. The van der Waals surface area contributed by atoms with Crippen molar-refractivity contribution in [1.29, 1.82) is 0 Å². The van der Waals surface area contributed by atoms with Crippen molar-refractivity contribution in [1.82, 2.24) is 9.88 Å². The molecule has 3 heterocycles. The third-order valence-corrected chi connectivity index (χ3v) is 6.86. The highest BCUT2D eigenvalue weighted by Crippen LogP contribution is 2.46. The van der Waals surface area contributed by atoms with Gasteiger partial charge in [0, 0.05) is 40.7 Å². The number of ether oxygens (including phenoxy) is 2. The van der Waals surface area contributed by atoms with E-state index in [2.05, 4.69) is 35.3 Å². The second kappa shape index (κ2) is 8.09. The fourth-order valence-corrected chi connectivity index (χ4v) is 5.33. The van der Waals surface area contributed by atoms with Crippen LogP contribution in [-0.4, -0.2) is 42.2 Å². The predicted molar refractivity (Wildman–Crippen MR) is 129 cm³/mol. The number of carbonyl (C=O) groups excluding carboxylic acids is 1. The Hall–Kier alpha value is -3.57. The van der Waals surface area contributed by atoms with Crippen molar-refractivity contribution in [2.45, 2.75) is 25.0 Å². The van der Waals surface area contributed by atoms with E-state index in [0.717, 1.165) is 64.0 Å². The summed E-state index contributed by atoms with van der Waals surface area (Å²) in [5.74, 6) is 0.879. The van der Waals surface area contributed by atoms with Gasteiger partial charge < -0.3 is 19.4 Å². The van der Waals surface area contributed by atoms with Gasteiger partial charge in [0.15, 0.2) is 0 Å². The van der Waals surface area contributed by atoms with E-state index in [4.69, 9.17) is 9.47 Å². The van der Waals surface area contributed by atoms with Gasteiger partial charge >= 0.3 is 0 Å². The lowest BCUT2D eigenvalue weighted by Gasteiger charge is -2.29. The third kappa shape index (κ3) is 3.31. The molecule has 0 aliphatic carbocycles. The zero-order valence-electron chi connectivity index (χ0n) is 18.6. The molecule has 0 spiro atoms. The number of carbonyl (C=O) groups is 1. The summed E-state index contributed by atoms with van der Waals surface area (Å²) >= 11 is 0. The molecule has 2 aliphatic heterocycles. The standard InChI is InChI=1S/C28H26N2O3/c1-32-19-9-6-8-18(16-19)26-25(23-13-4-5-14-24(23)29-26)27-21-11-2-3-12-22(21)28(31)30(27)17-20-10-7-15-33-20/h2-6,8-9,11-14,16,20,27,29H,7,10,15,17H2,1H3/t20-,27+/m1/s1. The molecule has 0 unspecified atom stereocenters. The minimum absolute atomic E-state index is 0.0768. The fourth-order valence-electron chi connectivity index (χ4n) is 5.33. The molecule has 1 aromatic heterocycles. The van der Waals surface area contributed by atoms with Crippen LogP contribution in [-0.2, 0) is 4.74 Å². The predicted octanol–water partition coefficient (Wildman–Crippen LogP) is 5.57. The lowest BCUT2D eigenvalue weighted by Crippen LogP contribution is -2.35. The summed E-state index contributed by atoms with van der Waals surface area (Å²) in [5.41, 5.74) is 6.06. The second-order valence-electron chi connectivity index (χ2n) is 8.77. The van der Waals surface area contributed by atoms with E-state index in [1.54, 1.807) is 7.11 Å². The van der Waals surface area contributed by atoms with Crippen molar-refractivity contribution in [3.8, 4) is 17.0 Å². The van der Waals surface area contributed by atoms with Gasteiger partial charge in [-0.3, -0.25) is 4.79 Å². The van der Waals surface area contributed by atoms with E-state index in [1.807, 2.05) is 47.4 Å². The van der Waals surface area contributed by atoms with Crippen LogP contribution in [0.3, 0.4) is 0 Å². The maximum absolute atomic E-state index is 13.6. The Bertz CT molecular complexity index is 1340. The number of benzene rings is 3. The molecule has 0 saturated carbocycles. The third-order valence-electron chi connectivity index (χ3n) is 6.86. The molecule has 5 nitrogen and oxygen atoms in total. The van der Waals surface area contributed by atoms with Crippen molar-refractivity contribution in [3.63, 3.8) is 0 Å². The summed E-state index contributed by atoms with van der Waals surface area (Å²) in [6.45, 7) is 1.36. The molecule has 4 aromatic rings. The van der Waals surface area contributed by atoms with Gasteiger partial charge in [-0.15, -0.1) is 0 Å². The van der Waals surface area contributed by atoms with Gasteiger partial charge in [0.25, 0.3) is 5.91 Å². The van der Waals surface area contributed by atoms with Crippen molar-refractivity contribution in [2.75, 3.05) is 20.3 Å². The summed E-state index contributed by atoms with van der Waals surface area (Å²) in [7, 11) is 1.68. The number of H-pyrrole nitrogens is 1. The SMILES string of the molecule is COc1cccc(-c2[nH]c3ccccc3c2[C@@H]2c3ccccc3C(=O)N2C[C@H]2CCCO2)c1. The molecule has 33 heavy (non-hydrogen) atoms. The minimum Gasteiger partial charge on any atom is -0.497 e. The number of methoxy groups -OCH3 is 1. The van der Waals surface area contributed by atoms with Crippen LogP contribution in [0.25, 0.3) is 22.2 Å². The van der Waals surface area contributed by atoms with Gasteiger partial charge in [0.2, 0.25) is 0 Å². The Morgan fingerprint density at radius 2 is 1.91 bits per heavy atom. The van der Waals surface area contributed by atoms with Gasteiger partial charge in [-0.1, -0.05) is 48.5 Å². The first-order valence-corrected chi connectivity index (χ1v) is 11.5. The molecule has 0 radical (unpaired) electrons. The first-order chi connectivity index (χ1) is 16.2. The van der Waals surface area contributed by atoms with Gasteiger partial charge in [0.1, 0.15) is 5.75 Å². The molecule has 3 aromatic carbocycles. The van der Waals surface area contributed by atoms with Crippen LogP contribution in [0.1, 0.15) is 40.4 Å². The van der Waals surface area contributed by atoms with E-state index in [0.29, 0.717) is 6.54 Å². The molecule has 1 saturated heterocycles. The average molecular weight is 439 g/mol. The summed E-state index contributed by atoms with van der Waals surface area (Å²) in [6.07, 6.45) is 2.12. The number of aromatic amines is 1. The van der Waals surface area contributed by atoms with Crippen LogP contribution in [0.15, 0.2) is 72.8 Å². The number of nitrogens with one attached hydrogen (secondary N) is 1. The number of rotatable bonds is 5. The summed E-state index contributed by atoms with van der Waals surface area (Å²) in [5, 5.41) is 1.13. The molecule has 1 N–H and O–H groups in total. The molecular weight excluding hydrogens is 412 g/mol. The number of aromatic nitrogens is 1. The highest BCUT2D eigenvalue weighted by atomic mass is 16.5. The molecule has 1 amide bonds. The van der Waals surface area contributed by atoms with Crippen LogP contribution < -0.4 is 4.74 Å². The van der Waals surface area contributed by atoms with Crippen LogP contribution in [0.4, 0.5) is 0 Å². The molecule has 1 fully saturated rings. The number of para-hydroxylation sites is 1. The highest BCUT2D eigenvalue weighted by Gasteiger charge is 2.41. The Balaban J connectivity index is 1.58. The summed E-state index contributed by atoms with van der Waals surface area (Å²) in [4.78, 5) is 19.3. The second-order valence-corrected chi connectivity index (χ2v) is 8.77. The molecule has 5 heteroatoms. The molecule has 166 valence electrons. The molecule has 2 atom stereocenters. The van der Waals surface area contributed by atoms with Crippen molar-refractivity contribution in [2.24, 2.45) is 0 Å². The van der Waals surface area contributed by atoms with E-state index < -0.39 is 0 Å². The van der Waals surface area contributed by atoms with Gasteiger partial charge in [0.05, 0.1) is 24.9 Å². The largest absolute Gasteiger partial charge is 0.497 e. The maximum Gasteiger partial charge on any atom is 0.255 e. The summed E-state index contributed by atoms with van der Waals surface area (Å²) in [6, 6.07) is 24.2. The van der Waals surface area contributed by atoms with Crippen LogP contribution >= 0.6 is 0 Å². The lowest BCUT2D eigenvalue weighted by molar-refractivity contribution is 0.0501. The average Bonchev–Trinajstić information content (AvgIpc) is 3.57. The van der Waals surface area contributed by atoms with Crippen molar-refractivity contribution >= 4 is 16.8 Å². The van der Waals surface area contributed by atoms with Gasteiger partial charge in [-0.2, -0.15) is 0 Å². The Labute approximate surface area is 192 Å². The Morgan fingerprint density at radius 3 is 2.76 bits per heavy atom. The number of amides is 1. The molecular formula is C28H26N2O3. The van der Waals surface area contributed by atoms with Gasteiger partial charge in [-0.25, -0.2) is 0 Å². The maximum atomic E-state index is 13.6. The first kappa shape index (κ1) is 20.1. The molecule has 2 aliphatic rings. The lowest BCUT2D eigenvalue weighted by atomic mass is 9.93. The van der Waals surface area contributed by atoms with Crippen molar-refractivity contribution in [3.05, 3.63) is 89.5 Å². The van der Waals surface area contributed by atoms with E-state index in [9.17, 15) is 4.79 Å². The van der Waals surface area contributed by atoms with Crippen LogP contribution in [0, 0.1) is 0 Å². The Kier molecular flexibility index (Phi) is 4.92. The molecule has 6 rings (SSSR count). The number of hydrogen-bond acceptors (Lipinski definition) is 3. The van der Waals surface area contributed by atoms with Crippen LogP contribution in [0.2, 0.25) is 0 Å². The zero-order chi connectivity index (χ0) is 22.4. The van der Waals surface area contributed by atoms with E-state index in [1.165, 1.54) is 0 Å². The number of hydrogen-bond donors (Lipinski definition) is 1. The normalized spacial score (nSPS) is 19.9. The van der Waals surface area contributed by atoms with Crippen LogP contribution in [0.5, 0.6) is 5.75 Å². The summed E-state index contributed by atoms with van der Waals surface area (Å²) < 4.78 is 11.4. The molecule has 0 bridgehead atoms. The monoisotopic (exact) mass is 438 g/mol. The van der Waals surface area contributed by atoms with E-state index >= 15 is 0 Å². The smallest absolute Gasteiger partial charge is 0.255 e. The quantitative estimate of drug-likeness (QED) is 0.443. The number of fused-ring (bicyclic) bond motifs is 2. The zero-order valence-corrected chi connectivity index (χ0v) is 18.6. The minimum atomic E-state index is -0.185. The number of nitrogens with zero attached hydrogens (tertiary/aromatic N) is 1. The topological polar surface area (TPSA) is 54.6 Å².